The molecule has 6 nitrogen and oxygen atoms in total. The van der Waals surface area contributed by atoms with Crippen molar-refractivity contribution < 1.29 is 4.74 Å². The molecule has 0 N–H and O–H groups in total. The summed E-state index contributed by atoms with van der Waals surface area (Å²) in [4.78, 5) is 22.7. The summed E-state index contributed by atoms with van der Waals surface area (Å²) in [5, 5.41) is 1.03. The number of benzene rings is 7. The SMILES string of the molecule is c1ccc(-c2nc(-c3ccc(-c4cnc5c(c4)C4(c6ccccc6-c6c4ccc4c6Oc6ccccc6N4c4ccccc4)c4cccnc4-5)cc3)nc3ccccc23)cc1. The number of ether oxygens (including phenoxy) is 1. The summed E-state index contributed by atoms with van der Waals surface area (Å²) in [6.45, 7) is 0. The molecule has 1 unspecified atom stereocenters. The second-order valence-electron chi connectivity index (χ2n) is 15.7. The van der Waals surface area contributed by atoms with Crippen LogP contribution in [0.2, 0.25) is 0 Å². The van der Waals surface area contributed by atoms with Crippen LogP contribution in [0, 0.1) is 0 Å². The molecule has 1 atom stereocenters. The number of anilines is 3. The highest BCUT2D eigenvalue weighted by Gasteiger charge is 2.54. The Morgan fingerprint density at radius 3 is 2.07 bits per heavy atom. The number of nitrogens with zero attached hydrogens (tertiary/aromatic N) is 5. The van der Waals surface area contributed by atoms with Gasteiger partial charge in [-0.05, 0) is 76.3 Å². The van der Waals surface area contributed by atoms with Crippen LogP contribution in [-0.4, -0.2) is 19.9 Å². The average Bonchev–Trinajstić information content (AvgIpc) is 3.81. The van der Waals surface area contributed by atoms with Gasteiger partial charge in [0.2, 0.25) is 0 Å². The summed E-state index contributed by atoms with van der Waals surface area (Å²) in [6, 6.07) is 65.8. The Labute approximate surface area is 352 Å². The lowest BCUT2D eigenvalue weighted by atomic mass is 9.70. The molecule has 0 saturated heterocycles. The minimum absolute atomic E-state index is 0.673. The van der Waals surface area contributed by atoms with Gasteiger partial charge in [0.15, 0.2) is 17.3 Å². The van der Waals surface area contributed by atoms with Gasteiger partial charge in [-0.2, -0.15) is 0 Å². The first-order chi connectivity index (χ1) is 30.3. The van der Waals surface area contributed by atoms with E-state index in [0.29, 0.717) is 5.82 Å². The zero-order valence-corrected chi connectivity index (χ0v) is 32.7. The van der Waals surface area contributed by atoms with Crippen LogP contribution in [0.5, 0.6) is 11.5 Å². The summed E-state index contributed by atoms with van der Waals surface area (Å²) in [5.41, 5.74) is 16.9. The third kappa shape index (κ3) is 4.78. The largest absolute Gasteiger partial charge is 0.452 e. The van der Waals surface area contributed by atoms with E-state index in [9.17, 15) is 0 Å². The van der Waals surface area contributed by atoms with Crippen LogP contribution in [0.25, 0.3) is 67.2 Å². The van der Waals surface area contributed by atoms with E-state index in [-0.39, 0.29) is 0 Å². The van der Waals surface area contributed by atoms with Gasteiger partial charge in [0.1, 0.15) is 0 Å². The first-order valence-electron chi connectivity index (χ1n) is 20.5. The Hall–Kier alpha value is -8.22. The van der Waals surface area contributed by atoms with Crippen LogP contribution in [0.3, 0.4) is 0 Å². The summed E-state index contributed by atoms with van der Waals surface area (Å²) >= 11 is 0. The van der Waals surface area contributed by atoms with E-state index in [4.69, 9.17) is 24.7 Å². The Bertz CT molecular complexity index is 3400. The van der Waals surface area contributed by atoms with Crippen LogP contribution in [0.15, 0.2) is 200 Å². The maximum absolute atomic E-state index is 7.02. The molecule has 3 aromatic heterocycles. The van der Waals surface area contributed by atoms with E-state index >= 15 is 0 Å². The zero-order chi connectivity index (χ0) is 40.1. The number of aromatic nitrogens is 4. The van der Waals surface area contributed by atoms with Crippen molar-refractivity contribution in [2.24, 2.45) is 0 Å². The van der Waals surface area contributed by atoms with Crippen molar-refractivity contribution in [3.05, 3.63) is 223 Å². The summed E-state index contributed by atoms with van der Waals surface area (Å²) in [6.07, 6.45) is 3.86. The van der Waals surface area contributed by atoms with E-state index in [1.165, 1.54) is 5.56 Å². The van der Waals surface area contributed by atoms with Crippen molar-refractivity contribution in [1.82, 2.24) is 19.9 Å². The molecule has 1 aliphatic heterocycles. The van der Waals surface area contributed by atoms with Crippen LogP contribution < -0.4 is 9.64 Å². The van der Waals surface area contributed by atoms with Gasteiger partial charge in [-0.3, -0.25) is 9.97 Å². The van der Waals surface area contributed by atoms with Gasteiger partial charge in [-0.1, -0.05) is 140 Å². The second kappa shape index (κ2) is 12.9. The molecule has 6 heteroatoms. The smallest absolute Gasteiger partial charge is 0.160 e. The summed E-state index contributed by atoms with van der Waals surface area (Å²) < 4.78 is 7.02. The summed E-state index contributed by atoms with van der Waals surface area (Å²) in [7, 11) is 0. The van der Waals surface area contributed by atoms with Gasteiger partial charge in [-0.15, -0.1) is 0 Å². The molecule has 13 rings (SSSR count). The molecule has 7 aromatic carbocycles. The van der Waals surface area contributed by atoms with Crippen LogP contribution in [-0.2, 0) is 5.41 Å². The zero-order valence-electron chi connectivity index (χ0n) is 32.7. The molecule has 0 radical (unpaired) electrons. The van der Waals surface area contributed by atoms with Crippen LogP contribution in [0.4, 0.5) is 17.1 Å². The number of hydrogen-bond acceptors (Lipinski definition) is 6. The van der Waals surface area contributed by atoms with E-state index in [0.717, 1.165) is 107 Å². The van der Waals surface area contributed by atoms with Gasteiger partial charge < -0.3 is 9.64 Å². The molecule has 10 aromatic rings. The van der Waals surface area contributed by atoms with Crippen LogP contribution >= 0.6 is 0 Å². The van der Waals surface area contributed by atoms with Crippen molar-refractivity contribution in [1.29, 1.82) is 0 Å². The van der Waals surface area contributed by atoms with E-state index in [2.05, 4.69) is 150 Å². The highest BCUT2D eigenvalue weighted by molar-refractivity contribution is 6.01. The molecular formula is C55H33N5O. The van der Waals surface area contributed by atoms with Gasteiger partial charge in [-0.25, -0.2) is 9.97 Å². The number of rotatable bonds is 4. The normalized spacial score (nSPS) is 15.0. The first-order valence-corrected chi connectivity index (χ1v) is 20.5. The fourth-order valence-electron chi connectivity index (χ4n) is 9.98. The molecule has 4 heterocycles. The minimum atomic E-state index is -0.673. The van der Waals surface area contributed by atoms with Crippen molar-refractivity contribution in [3.8, 4) is 67.8 Å². The molecule has 0 saturated carbocycles. The van der Waals surface area contributed by atoms with E-state index < -0.39 is 5.41 Å². The number of para-hydroxylation sites is 4. The molecule has 3 aliphatic rings. The lowest BCUT2D eigenvalue weighted by Gasteiger charge is -2.35. The predicted octanol–water partition coefficient (Wildman–Crippen LogP) is 13.3. The van der Waals surface area contributed by atoms with Gasteiger partial charge in [0, 0.05) is 51.3 Å². The van der Waals surface area contributed by atoms with Crippen molar-refractivity contribution >= 4 is 28.0 Å². The van der Waals surface area contributed by atoms with Crippen molar-refractivity contribution in [2.45, 2.75) is 5.41 Å². The molecule has 0 fully saturated rings. The molecular weight excluding hydrogens is 747 g/mol. The Kier molecular flexibility index (Phi) is 7.13. The van der Waals surface area contributed by atoms with Crippen molar-refractivity contribution in [2.75, 3.05) is 4.90 Å². The molecule has 0 amide bonds. The third-order valence-corrected chi connectivity index (χ3v) is 12.6. The standard InChI is InChI=1S/C55H33N5O/c1-3-14-35(15-4-1)50-40-19-8-10-22-45(40)58-54(59-50)36-27-25-34(26-28-36)37-32-44-52(57-33-37)51-43(21-13-31-56-51)55(44)41-20-9-7-18-39(41)49-42(55)29-30-47-53(49)61-48-24-12-11-23-46(48)60(47)38-16-5-2-6-17-38/h1-33H. The van der Waals surface area contributed by atoms with Gasteiger partial charge >= 0.3 is 0 Å². The Morgan fingerprint density at radius 1 is 0.459 bits per heavy atom. The fourth-order valence-corrected chi connectivity index (χ4v) is 9.98. The lowest BCUT2D eigenvalue weighted by Crippen LogP contribution is -2.26. The number of hydrogen-bond donors (Lipinski definition) is 0. The van der Waals surface area contributed by atoms with Gasteiger partial charge in [0.25, 0.3) is 0 Å². The third-order valence-electron chi connectivity index (χ3n) is 12.6. The van der Waals surface area contributed by atoms with Crippen molar-refractivity contribution in [3.63, 3.8) is 0 Å². The molecule has 1 spiro atoms. The Morgan fingerprint density at radius 2 is 1.18 bits per heavy atom. The lowest BCUT2D eigenvalue weighted by molar-refractivity contribution is 0.478. The quantitative estimate of drug-likeness (QED) is 0.177. The number of fused-ring (bicyclic) bond motifs is 14. The van der Waals surface area contributed by atoms with Gasteiger partial charge in [0.05, 0.1) is 39.4 Å². The minimum Gasteiger partial charge on any atom is -0.452 e. The fraction of sp³-hybridized carbons (Fsp3) is 0.0182. The topological polar surface area (TPSA) is 64.0 Å². The van der Waals surface area contributed by atoms with E-state index in [1.807, 2.05) is 54.9 Å². The first kappa shape index (κ1) is 33.7. The molecule has 2 aliphatic carbocycles. The monoisotopic (exact) mass is 779 g/mol. The van der Waals surface area contributed by atoms with Crippen LogP contribution in [0.1, 0.15) is 22.3 Å². The Balaban J connectivity index is 0.979. The second-order valence-corrected chi connectivity index (χ2v) is 15.7. The highest BCUT2D eigenvalue weighted by atomic mass is 16.5. The average molecular weight is 780 g/mol. The summed E-state index contributed by atoms with van der Waals surface area (Å²) in [5.74, 6) is 2.35. The maximum Gasteiger partial charge on any atom is 0.160 e. The molecule has 284 valence electrons. The maximum atomic E-state index is 7.02. The highest BCUT2D eigenvalue weighted by Crippen LogP contribution is 2.66. The predicted molar refractivity (Wildman–Crippen MR) is 242 cm³/mol. The molecule has 61 heavy (non-hydrogen) atoms. The number of pyridine rings is 2. The molecule has 0 bridgehead atoms. The van der Waals surface area contributed by atoms with E-state index in [1.54, 1.807) is 0 Å².